The SMILES string of the molecule is Cc1ccc(-c2nn[nH]c2[N+](=O)[O-])cc1. The molecule has 15 heavy (non-hydrogen) atoms. The summed E-state index contributed by atoms with van der Waals surface area (Å²) in [5.41, 5.74) is 2.03. The Hall–Kier alpha value is -2.24. The molecule has 0 spiro atoms. The molecule has 0 amide bonds. The van der Waals surface area contributed by atoms with Crippen molar-refractivity contribution in [1.29, 1.82) is 0 Å². The summed E-state index contributed by atoms with van der Waals surface area (Å²) in [5, 5.41) is 20.0. The summed E-state index contributed by atoms with van der Waals surface area (Å²) in [4.78, 5) is 10.1. The van der Waals surface area contributed by atoms with Crippen molar-refractivity contribution in [3.63, 3.8) is 0 Å². The highest BCUT2D eigenvalue weighted by Crippen LogP contribution is 2.24. The van der Waals surface area contributed by atoms with Crippen LogP contribution >= 0.6 is 0 Å². The molecule has 0 aliphatic rings. The topological polar surface area (TPSA) is 84.7 Å². The average Bonchev–Trinajstić information content (AvgIpc) is 2.67. The number of nitrogens with one attached hydrogen (secondary N) is 1. The Kier molecular flexibility index (Phi) is 2.17. The van der Waals surface area contributed by atoms with Crippen LogP contribution in [0.2, 0.25) is 0 Å². The van der Waals surface area contributed by atoms with Gasteiger partial charge in [-0.3, -0.25) is 0 Å². The van der Waals surface area contributed by atoms with E-state index in [4.69, 9.17) is 0 Å². The number of benzene rings is 1. The average molecular weight is 204 g/mol. The summed E-state index contributed by atoms with van der Waals surface area (Å²) < 4.78 is 0. The second-order valence-electron chi connectivity index (χ2n) is 3.13. The quantitative estimate of drug-likeness (QED) is 0.595. The highest BCUT2D eigenvalue weighted by atomic mass is 16.6. The molecule has 0 atom stereocenters. The number of aromatic amines is 1. The molecule has 1 N–H and O–H groups in total. The largest absolute Gasteiger partial charge is 0.370 e. The normalized spacial score (nSPS) is 10.2. The summed E-state index contributed by atoms with van der Waals surface area (Å²) in [6.45, 7) is 1.95. The van der Waals surface area contributed by atoms with Crippen LogP contribution < -0.4 is 0 Å². The van der Waals surface area contributed by atoms with E-state index in [1.807, 2.05) is 19.1 Å². The van der Waals surface area contributed by atoms with E-state index in [0.29, 0.717) is 5.56 Å². The van der Waals surface area contributed by atoms with E-state index in [1.165, 1.54) is 0 Å². The lowest BCUT2D eigenvalue weighted by Gasteiger charge is -1.97. The zero-order chi connectivity index (χ0) is 10.8. The minimum Gasteiger partial charge on any atom is -0.358 e. The molecule has 0 radical (unpaired) electrons. The molecule has 2 aromatic rings. The Morgan fingerprint density at radius 3 is 2.60 bits per heavy atom. The van der Waals surface area contributed by atoms with Crippen molar-refractivity contribution >= 4 is 5.82 Å². The molecule has 0 saturated heterocycles. The first-order valence-corrected chi connectivity index (χ1v) is 4.31. The first kappa shape index (κ1) is 9.32. The number of hydrogen-bond donors (Lipinski definition) is 1. The van der Waals surface area contributed by atoms with Gasteiger partial charge in [-0.05, 0) is 11.8 Å². The molecule has 0 bridgehead atoms. The van der Waals surface area contributed by atoms with Crippen molar-refractivity contribution < 1.29 is 4.92 Å². The number of nitrogens with zero attached hydrogens (tertiary/aromatic N) is 3. The predicted molar refractivity (Wildman–Crippen MR) is 53.2 cm³/mol. The third kappa shape index (κ3) is 1.69. The maximum absolute atomic E-state index is 10.6. The third-order valence-corrected chi connectivity index (χ3v) is 2.04. The van der Waals surface area contributed by atoms with Gasteiger partial charge >= 0.3 is 5.82 Å². The standard InChI is InChI=1S/C9H8N4O2/c1-6-2-4-7(5-3-6)8-9(13(14)15)11-12-10-8/h2-5H,1H3,(H,10,11,12). The second-order valence-corrected chi connectivity index (χ2v) is 3.13. The van der Waals surface area contributed by atoms with Gasteiger partial charge in [-0.15, -0.1) is 10.2 Å². The molecule has 0 aliphatic heterocycles. The molecule has 6 nitrogen and oxygen atoms in total. The molecule has 2 rings (SSSR count). The molecule has 0 aliphatic carbocycles. The van der Waals surface area contributed by atoms with E-state index < -0.39 is 4.92 Å². The molecule has 1 aromatic heterocycles. The number of hydrogen-bond acceptors (Lipinski definition) is 4. The molecule has 0 fully saturated rings. The Balaban J connectivity index is 2.49. The number of nitro groups is 1. The minimum atomic E-state index is -0.533. The molecule has 0 unspecified atom stereocenters. The van der Waals surface area contributed by atoms with E-state index in [2.05, 4.69) is 15.4 Å². The van der Waals surface area contributed by atoms with Crippen LogP contribution in [0, 0.1) is 17.0 Å². The molecule has 1 heterocycles. The summed E-state index contributed by atoms with van der Waals surface area (Å²) in [7, 11) is 0. The fourth-order valence-electron chi connectivity index (χ4n) is 1.26. The zero-order valence-corrected chi connectivity index (χ0v) is 7.97. The van der Waals surface area contributed by atoms with Gasteiger partial charge in [0, 0.05) is 10.8 Å². The zero-order valence-electron chi connectivity index (χ0n) is 7.97. The minimum absolute atomic E-state index is 0.182. The van der Waals surface area contributed by atoms with Gasteiger partial charge in [0.15, 0.2) is 5.69 Å². The summed E-state index contributed by atoms with van der Waals surface area (Å²) in [5.74, 6) is -0.182. The molecule has 76 valence electrons. The molecular weight excluding hydrogens is 196 g/mol. The smallest absolute Gasteiger partial charge is 0.358 e. The lowest BCUT2D eigenvalue weighted by atomic mass is 10.1. The van der Waals surface area contributed by atoms with E-state index in [9.17, 15) is 10.1 Å². The van der Waals surface area contributed by atoms with Crippen molar-refractivity contribution in [1.82, 2.24) is 15.4 Å². The van der Waals surface area contributed by atoms with Crippen LogP contribution in [0.4, 0.5) is 5.82 Å². The van der Waals surface area contributed by atoms with Crippen molar-refractivity contribution in [2.24, 2.45) is 0 Å². The van der Waals surface area contributed by atoms with Crippen molar-refractivity contribution in [3.8, 4) is 11.3 Å². The monoisotopic (exact) mass is 204 g/mol. The van der Waals surface area contributed by atoms with Crippen LogP contribution in [0.1, 0.15) is 5.56 Å². The first-order valence-electron chi connectivity index (χ1n) is 4.31. The van der Waals surface area contributed by atoms with E-state index in [0.717, 1.165) is 5.56 Å². The van der Waals surface area contributed by atoms with Gasteiger partial charge in [0.2, 0.25) is 0 Å². The molecule has 1 aromatic carbocycles. The lowest BCUT2D eigenvalue weighted by molar-refractivity contribution is -0.388. The molecule has 6 heteroatoms. The Morgan fingerprint density at radius 2 is 2.00 bits per heavy atom. The molecular formula is C9H8N4O2. The van der Waals surface area contributed by atoms with Crippen molar-refractivity contribution in [2.45, 2.75) is 6.92 Å². The van der Waals surface area contributed by atoms with Crippen LogP contribution in [0.15, 0.2) is 24.3 Å². The van der Waals surface area contributed by atoms with Gasteiger partial charge in [0.25, 0.3) is 0 Å². The van der Waals surface area contributed by atoms with Crippen LogP contribution in [0.5, 0.6) is 0 Å². The number of H-pyrrole nitrogens is 1. The molecule has 0 saturated carbocycles. The maximum atomic E-state index is 10.6. The first-order chi connectivity index (χ1) is 7.18. The third-order valence-electron chi connectivity index (χ3n) is 2.04. The van der Waals surface area contributed by atoms with Gasteiger partial charge in [-0.25, -0.2) is 0 Å². The second kappa shape index (κ2) is 3.49. The van der Waals surface area contributed by atoms with Gasteiger partial charge in [-0.2, -0.15) is 0 Å². The summed E-state index contributed by atoms with van der Waals surface area (Å²) >= 11 is 0. The number of rotatable bonds is 2. The maximum Gasteiger partial charge on any atom is 0.370 e. The van der Waals surface area contributed by atoms with Crippen LogP contribution in [-0.4, -0.2) is 20.3 Å². The fraction of sp³-hybridized carbons (Fsp3) is 0.111. The Bertz CT molecular complexity index is 489. The van der Waals surface area contributed by atoms with Crippen LogP contribution in [0.25, 0.3) is 11.3 Å². The van der Waals surface area contributed by atoms with E-state index in [1.54, 1.807) is 12.1 Å². The number of aryl methyl sites for hydroxylation is 1. The van der Waals surface area contributed by atoms with Gasteiger partial charge in [0.1, 0.15) is 0 Å². The van der Waals surface area contributed by atoms with Gasteiger partial charge < -0.3 is 10.1 Å². The van der Waals surface area contributed by atoms with Crippen LogP contribution in [0.3, 0.4) is 0 Å². The Labute approximate surface area is 85.1 Å². The highest BCUT2D eigenvalue weighted by Gasteiger charge is 2.18. The lowest BCUT2D eigenvalue weighted by Crippen LogP contribution is -1.91. The van der Waals surface area contributed by atoms with Gasteiger partial charge in [-0.1, -0.05) is 29.8 Å². The summed E-state index contributed by atoms with van der Waals surface area (Å²) in [6, 6.07) is 7.29. The van der Waals surface area contributed by atoms with Crippen molar-refractivity contribution in [3.05, 3.63) is 39.9 Å². The van der Waals surface area contributed by atoms with Gasteiger partial charge in [0.05, 0.1) is 0 Å². The highest BCUT2D eigenvalue weighted by molar-refractivity contribution is 5.66. The number of aromatic nitrogens is 3. The van der Waals surface area contributed by atoms with Crippen LogP contribution in [-0.2, 0) is 0 Å². The van der Waals surface area contributed by atoms with Crippen molar-refractivity contribution in [2.75, 3.05) is 0 Å². The van der Waals surface area contributed by atoms with E-state index >= 15 is 0 Å². The predicted octanol–water partition coefficient (Wildman–Crippen LogP) is 1.69. The fourth-order valence-corrected chi connectivity index (χ4v) is 1.26. The Morgan fingerprint density at radius 1 is 1.33 bits per heavy atom. The van der Waals surface area contributed by atoms with E-state index in [-0.39, 0.29) is 11.5 Å². The summed E-state index contributed by atoms with van der Waals surface area (Å²) in [6.07, 6.45) is 0.